The van der Waals surface area contributed by atoms with Crippen molar-refractivity contribution in [3.8, 4) is 5.75 Å². The van der Waals surface area contributed by atoms with Crippen LogP contribution in [0.2, 0.25) is 0 Å². The number of ether oxygens (including phenoxy) is 1. The van der Waals surface area contributed by atoms with Gasteiger partial charge in [-0.2, -0.15) is 0 Å². The molecule has 2 aromatic rings. The van der Waals surface area contributed by atoms with Gasteiger partial charge in [0.15, 0.2) is 5.11 Å². The molecular formula is C17H19N3O2S. The zero-order chi connectivity index (χ0) is 16.7. The Morgan fingerprint density at radius 3 is 2.09 bits per heavy atom. The number of thiocarbonyl (C=S) groups is 1. The summed E-state index contributed by atoms with van der Waals surface area (Å²) in [5.41, 5.74) is 2.71. The highest BCUT2D eigenvalue weighted by molar-refractivity contribution is 7.80. The van der Waals surface area contributed by atoms with E-state index in [9.17, 15) is 4.79 Å². The number of benzene rings is 2. The van der Waals surface area contributed by atoms with Gasteiger partial charge in [0.05, 0.1) is 7.11 Å². The van der Waals surface area contributed by atoms with E-state index in [0.29, 0.717) is 11.7 Å². The van der Waals surface area contributed by atoms with Crippen molar-refractivity contribution < 1.29 is 9.53 Å². The van der Waals surface area contributed by atoms with Crippen molar-refractivity contribution >= 4 is 34.6 Å². The molecule has 1 amide bonds. The summed E-state index contributed by atoms with van der Waals surface area (Å²) in [5.74, 6) is 0.732. The second kappa shape index (κ2) is 8.14. The SMILES string of the molecule is COc1ccc(CNC(=S)Nc2ccc(NC(C)=O)cc2)cc1. The molecule has 0 aromatic heterocycles. The van der Waals surface area contributed by atoms with E-state index in [2.05, 4.69) is 16.0 Å². The third-order valence-electron chi connectivity index (χ3n) is 3.08. The third-order valence-corrected chi connectivity index (χ3v) is 3.32. The molecule has 5 nitrogen and oxygen atoms in total. The van der Waals surface area contributed by atoms with Crippen LogP contribution in [-0.2, 0) is 11.3 Å². The quantitative estimate of drug-likeness (QED) is 0.736. The second-order valence-corrected chi connectivity index (χ2v) is 5.32. The molecule has 0 unspecified atom stereocenters. The monoisotopic (exact) mass is 329 g/mol. The molecule has 0 atom stereocenters. The minimum Gasteiger partial charge on any atom is -0.497 e. The molecule has 2 aromatic carbocycles. The van der Waals surface area contributed by atoms with E-state index in [1.54, 1.807) is 7.11 Å². The molecule has 0 heterocycles. The van der Waals surface area contributed by atoms with Crippen molar-refractivity contribution in [3.05, 3.63) is 54.1 Å². The molecule has 0 aliphatic carbocycles. The van der Waals surface area contributed by atoms with Crippen LogP contribution in [0.25, 0.3) is 0 Å². The van der Waals surface area contributed by atoms with Crippen LogP contribution in [0.5, 0.6) is 5.75 Å². The number of amides is 1. The van der Waals surface area contributed by atoms with Gasteiger partial charge in [0.2, 0.25) is 5.91 Å². The van der Waals surface area contributed by atoms with Crippen LogP contribution in [0.3, 0.4) is 0 Å². The summed E-state index contributed by atoms with van der Waals surface area (Å²) in [4.78, 5) is 11.0. The fraction of sp³-hybridized carbons (Fsp3) is 0.176. The lowest BCUT2D eigenvalue weighted by atomic mass is 10.2. The smallest absolute Gasteiger partial charge is 0.221 e. The normalized spacial score (nSPS) is 9.83. The van der Waals surface area contributed by atoms with E-state index >= 15 is 0 Å². The minimum absolute atomic E-state index is 0.0950. The van der Waals surface area contributed by atoms with E-state index in [4.69, 9.17) is 17.0 Å². The highest BCUT2D eigenvalue weighted by Gasteiger charge is 2.00. The minimum atomic E-state index is -0.0950. The summed E-state index contributed by atoms with van der Waals surface area (Å²) in [6.07, 6.45) is 0. The Morgan fingerprint density at radius 2 is 1.57 bits per heavy atom. The first-order chi connectivity index (χ1) is 11.1. The van der Waals surface area contributed by atoms with Crippen LogP contribution in [0.1, 0.15) is 12.5 Å². The van der Waals surface area contributed by atoms with E-state index in [-0.39, 0.29) is 5.91 Å². The van der Waals surface area contributed by atoms with Crippen molar-refractivity contribution in [2.75, 3.05) is 17.7 Å². The van der Waals surface area contributed by atoms with Gasteiger partial charge in [-0.3, -0.25) is 4.79 Å². The van der Waals surface area contributed by atoms with E-state index in [1.807, 2.05) is 48.5 Å². The second-order valence-electron chi connectivity index (χ2n) is 4.91. The lowest BCUT2D eigenvalue weighted by Crippen LogP contribution is -2.27. The average Bonchev–Trinajstić information content (AvgIpc) is 2.55. The van der Waals surface area contributed by atoms with Gasteiger partial charge in [0, 0.05) is 24.8 Å². The Kier molecular flexibility index (Phi) is 5.94. The molecule has 2 rings (SSSR count). The molecule has 0 aliphatic heterocycles. The molecule has 0 fully saturated rings. The van der Waals surface area contributed by atoms with E-state index in [1.165, 1.54) is 6.92 Å². The lowest BCUT2D eigenvalue weighted by molar-refractivity contribution is -0.114. The van der Waals surface area contributed by atoms with Gasteiger partial charge in [0.25, 0.3) is 0 Å². The summed E-state index contributed by atoms with van der Waals surface area (Å²) in [6.45, 7) is 2.10. The van der Waals surface area contributed by atoms with Crippen molar-refractivity contribution in [2.24, 2.45) is 0 Å². The maximum atomic E-state index is 11.0. The Labute approximate surface area is 141 Å². The third kappa shape index (κ3) is 5.60. The maximum Gasteiger partial charge on any atom is 0.221 e. The van der Waals surface area contributed by atoms with Gasteiger partial charge in [-0.05, 0) is 54.2 Å². The van der Waals surface area contributed by atoms with E-state index < -0.39 is 0 Å². The van der Waals surface area contributed by atoms with Gasteiger partial charge >= 0.3 is 0 Å². The molecule has 0 radical (unpaired) electrons. The van der Waals surface area contributed by atoms with Crippen LogP contribution < -0.4 is 20.7 Å². The molecule has 0 saturated carbocycles. The van der Waals surface area contributed by atoms with Gasteiger partial charge in [-0.15, -0.1) is 0 Å². The molecule has 0 spiro atoms. The number of rotatable bonds is 5. The molecule has 23 heavy (non-hydrogen) atoms. The van der Waals surface area contributed by atoms with Gasteiger partial charge < -0.3 is 20.7 Å². The molecule has 120 valence electrons. The largest absolute Gasteiger partial charge is 0.497 e. The zero-order valence-electron chi connectivity index (χ0n) is 13.1. The maximum absolute atomic E-state index is 11.0. The zero-order valence-corrected chi connectivity index (χ0v) is 13.9. The van der Waals surface area contributed by atoms with Crippen LogP contribution in [0, 0.1) is 0 Å². The molecule has 0 bridgehead atoms. The predicted molar refractivity (Wildman–Crippen MR) is 96.8 cm³/mol. The van der Waals surface area contributed by atoms with Gasteiger partial charge in [-0.1, -0.05) is 12.1 Å². The molecule has 0 aliphatic rings. The van der Waals surface area contributed by atoms with Gasteiger partial charge in [-0.25, -0.2) is 0 Å². The average molecular weight is 329 g/mol. The fourth-order valence-corrected chi connectivity index (χ4v) is 2.13. The van der Waals surface area contributed by atoms with Crippen LogP contribution >= 0.6 is 12.2 Å². The topological polar surface area (TPSA) is 62.4 Å². The Balaban J connectivity index is 1.82. The highest BCUT2D eigenvalue weighted by Crippen LogP contribution is 2.14. The van der Waals surface area contributed by atoms with Crippen LogP contribution in [0.15, 0.2) is 48.5 Å². The first-order valence-electron chi connectivity index (χ1n) is 7.12. The lowest BCUT2D eigenvalue weighted by Gasteiger charge is -2.11. The van der Waals surface area contributed by atoms with Crippen LogP contribution in [0.4, 0.5) is 11.4 Å². The summed E-state index contributed by atoms with van der Waals surface area (Å²) in [7, 11) is 1.64. The van der Waals surface area contributed by atoms with Crippen molar-refractivity contribution in [1.29, 1.82) is 0 Å². The first-order valence-corrected chi connectivity index (χ1v) is 7.53. The van der Waals surface area contributed by atoms with Crippen molar-refractivity contribution in [3.63, 3.8) is 0 Å². The van der Waals surface area contributed by atoms with Crippen LogP contribution in [-0.4, -0.2) is 18.1 Å². The van der Waals surface area contributed by atoms with E-state index in [0.717, 1.165) is 22.7 Å². The summed E-state index contributed by atoms with van der Waals surface area (Å²) in [5, 5.41) is 9.49. The van der Waals surface area contributed by atoms with Gasteiger partial charge in [0.1, 0.15) is 5.75 Å². The fourth-order valence-electron chi connectivity index (χ4n) is 1.94. The predicted octanol–water partition coefficient (Wildman–Crippen LogP) is 3.14. The molecule has 3 N–H and O–H groups in total. The number of carbonyl (C=O) groups is 1. The Hall–Kier alpha value is -2.60. The summed E-state index contributed by atoms with van der Waals surface area (Å²) >= 11 is 5.27. The Morgan fingerprint density at radius 1 is 1.00 bits per heavy atom. The number of hydrogen-bond acceptors (Lipinski definition) is 3. The highest BCUT2D eigenvalue weighted by atomic mass is 32.1. The standard InChI is InChI=1S/C17H19N3O2S/c1-12(21)19-14-5-7-15(8-6-14)20-17(23)18-11-13-3-9-16(22-2)10-4-13/h3-10H,11H2,1-2H3,(H,19,21)(H2,18,20,23). The van der Waals surface area contributed by atoms with Crippen molar-refractivity contribution in [2.45, 2.75) is 13.5 Å². The number of anilines is 2. The number of nitrogens with one attached hydrogen (secondary N) is 3. The summed E-state index contributed by atoms with van der Waals surface area (Å²) < 4.78 is 5.12. The molecule has 6 heteroatoms. The molecular weight excluding hydrogens is 310 g/mol. The first kappa shape index (κ1) is 16.8. The number of carbonyl (C=O) groups excluding carboxylic acids is 1. The number of methoxy groups -OCH3 is 1. The Bertz CT molecular complexity index is 669. The number of hydrogen-bond donors (Lipinski definition) is 3. The summed E-state index contributed by atoms with van der Waals surface area (Å²) in [6, 6.07) is 15.1. The van der Waals surface area contributed by atoms with Crippen molar-refractivity contribution in [1.82, 2.24) is 5.32 Å². The molecule has 0 saturated heterocycles.